The van der Waals surface area contributed by atoms with Crippen molar-refractivity contribution in [1.82, 2.24) is 14.1 Å². The predicted molar refractivity (Wildman–Crippen MR) is 85.5 cm³/mol. The molecule has 0 amide bonds. The molecular formula is C16H21N3O3. The third kappa shape index (κ3) is 3.27. The molecule has 0 spiro atoms. The fourth-order valence-electron chi connectivity index (χ4n) is 2.29. The van der Waals surface area contributed by atoms with Gasteiger partial charge >= 0.3 is 17.1 Å². The highest BCUT2D eigenvalue weighted by atomic mass is 16.2. The van der Waals surface area contributed by atoms with Gasteiger partial charge in [0.1, 0.15) is 0 Å². The van der Waals surface area contributed by atoms with E-state index in [-0.39, 0.29) is 6.54 Å². The predicted octanol–water partition coefficient (Wildman–Crippen LogP) is 1.00. The van der Waals surface area contributed by atoms with Gasteiger partial charge in [0.05, 0.1) is 0 Å². The third-order valence-electron chi connectivity index (χ3n) is 3.50. The molecule has 22 heavy (non-hydrogen) atoms. The summed E-state index contributed by atoms with van der Waals surface area (Å²) in [5.74, 6) is 0. The van der Waals surface area contributed by atoms with Crippen LogP contribution in [0.15, 0.2) is 38.6 Å². The smallest absolute Gasteiger partial charge is 0.259 e. The molecule has 1 aromatic carbocycles. The molecule has 118 valence electrons. The second-order valence-corrected chi connectivity index (χ2v) is 6.41. The van der Waals surface area contributed by atoms with Gasteiger partial charge in [-0.1, -0.05) is 29.8 Å². The first-order valence-corrected chi connectivity index (χ1v) is 7.22. The summed E-state index contributed by atoms with van der Waals surface area (Å²) in [6, 6.07) is 7.90. The highest BCUT2D eigenvalue weighted by Gasteiger charge is 2.20. The maximum atomic E-state index is 12.4. The van der Waals surface area contributed by atoms with E-state index in [0.717, 1.165) is 20.3 Å². The SMILES string of the molecule is Cc1ccc(CCn2c(=O)[nH]c(=O)n(C(C)(C)C)c2=O)cc1. The van der Waals surface area contributed by atoms with Crippen molar-refractivity contribution in [2.45, 2.75) is 46.2 Å². The van der Waals surface area contributed by atoms with Crippen molar-refractivity contribution in [1.29, 1.82) is 0 Å². The molecule has 0 bridgehead atoms. The first-order chi connectivity index (χ1) is 10.2. The molecular weight excluding hydrogens is 282 g/mol. The van der Waals surface area contributed by atoms with Crippen molar-refractivity contribution in [2.24, 2.45) is 0 Å². The van der Waals surface area contributed by atoms with Crippen molar-refractivity contribution in [3.8, 4) is 0 Å². The molecule has 1 N–H and O–H groups in total. The molecule has 0 saturated carbocycles. The molecule has 0 atom stereocenters. The summed E-state index contributed by atoms with van der Waals surface area (Å²) in [4.78, 5) is 38.4. The van der Waals surface area contributed by atoms with Crippen molar-refractivity contribution >= 4 is 0 Å². The second kappa shape index (κ2) is 5.79. The largest absolute Gasteiger partial charge is 0.336 e. The Bertz CT molecular complexity index is 833. The molecule has 0 radical (unpaired) electrons. The Morgan fingerprint density at radius 1 is 1.00 bits per heavy atom. The maximum Gasteiger partial charge on any atom is 0.336 e. The van der Waals surface area contributed by atoms with Crippen LogP contribution in [0.3, 0.4) is 0 Å². The molecule has 0 aliphatic heterocycles. The summed E-state index contributed by atoms with van der Waals surface area (Å²) in [5.41, 5.74) is -0.417. The van der Waals surface area contributed by atoms with E-state index in [2.05, 4.69) is 4.98 Å². The molecule has 1 heterocycles. The van der Waals surface area contributed by atoms with Crippen LogP contribution in [0.4, 0.5) is 0 Å². The van der Waals surface area contributed by atoms with Crippen LogP contribution in [0.5, 0.6) is 0 Å². The number of aryl methyl sites for hydroxylation is 2. The van der Waals surface area contributed by atoms with Gasteiger partial charge in [-0.25, -0.2) is 23.5 Å². The van der Waals surface area contributed by atoms with Gasteiger partial charge in [-0.3, -0.25) is 4.98 Å². The normalized spacial score (nSPS) is 11.6. The van der Waals surface area contributed by atoms with Crippen molar-refractivity contribution in [2.75, 3.05) is 0 Å². The summed E-state index contributed by atoms with van der Waals surface area (Å²) in [6.45, 7) is 7.47. The Labute approximate surface area is 128 Å². The van der Waals surface area contributed by atoms with E-state index in [0.29, 0.717) is 6.42 Å². The highest BCUT2D eigenvalue weighted by Crippen LogP contribution is 2.07. The lowest BCUT2D eigenvalue weighted by molar-refractivity contribution is 0.339. The summed E-state index contributed by atoms with van der Waals surface area (Å²) in [7, 11) is 0. The minimum Gasteiger partial charge on any atom is -0.259 e. The Hall–Kier alpha value is -2.37. The molecule has 0 aliphatic carbocycles. The summed E-state index contributed by atoms with van der Waals surface area (Å²) < 4.78 is 2.15. The van der Waals surface area contributed by atoms with Crippen LogP contribution in [-0.4, -0.2) is 14.1 Å². The highest BCUT2D eigenvalue weighted by molar-refractivity contribution is 5.21. The lowest BCUT2D eigenvalue weighted by Crippen LogP contribution is -2.54. The van der Waals surface area contributed by atoms with E-state index in [1.807, 2.05) is 31.2 Å². The van der Waals surface area contributed by atoms with Gasteiger partial charge in [-0.05, 0) is 39.7 Å². The topological polar surface area (TPSA) is 76.9 Å². The maximum absolute atomic E-state index is 12.4. The number of hydrogen-bond donors (Lipinski definition) is 1. The van der Waals surface area contributed by atoms with E-state index in [9.17, 15) is 14.4 Å². The second-order valence-electron chi connectivity index (χ2n) is 6.41. The van der Waals surface area contributed by atoms with Gasteiger partial charge in [0.25, 0.3) is 0 Å². The fraction of sp³-hybridized carbons (Fsp3) is 0.438. The molecule has 0 saturated heterocycles. The Kier molecular flexibility index (Phi) is 4.21. The number of H-pyrrole nitrogens is 1. The van der Waals surface area contributed by atoms with Crippen molar-refractivity contribution < 1.29 is 0 Å². The Balaban J connectivity index is 2.40. The third-order valence-corrected chi connectivity index (χ3v) is 3.50. The van der Waals surface area contributed by atoms with Gasteiger partial charge in [-0.2, -0.15) is 0 Å². The van der Waals surface area contributed by atoms with Crippen LogP contribution in [-0.2, 0) is 18.5 Å². The lowest BCUT2D eigenvalue weighted by atomic mass is 10.1. The molecule has 2 rings (SSSR count). The first kappa shape index (κ1) is 16.0. The molecule has 1 aromatic heterocycles. The quantitative estimate of drug-likeness (QED) is 0.919. The first-order valence-electron chi connectivity index (χ1n) is 7.22. The van der Waals surface area contributed by atoms with Crippen LogP contribution >= 0.6 is 0 Å². The minimum atomic E-state index is -0.691. The number of aromatic amines is 1. The van der Waals surface area contributed by atoms with Crippen molar-refractivity contribution in [3.05, 3.63) is 66.8 Å². The van der Waals surface area contributed by atoms with Gasteiger partial charge in [0.2, 0.25) is 0 Å². The van der Waals surface area contributed by atoms with Crippen molar-refractivity contribution in [3.63, 3.8) is 0 Å². The summed E-state index contributed by atoms with van der Waals surface area (Å²) >= 11 is 0. The molecule has 0 aliphatic rings. The Morgan fingerprint density at radius 3 is 2.14 bits per heavy atom. The number of aromatic nitrogens is 3. The monoisotopic (exact) mass is 303 g/mol. The number of hydrogen-bond acceptors (Lipinski definition) is 3. The number of nitrogens with one attached hydrogen (secondary N) is 1. The van der Waals surface area contributed by atoms with E-state index in [4.69, 9.17) is 0 Å². The standard InChI is InChI=1S/C16H21N3O3/c1-11-5-7-12(8-6-11)9-10-18-13(20)17-14(21)19(15(18)22)16(2,3)4/h5-8H,9-10H2,1-4H3,(H,17,20,21). The number of benzene rings is 1. The zero-order chi connectivity index (χ0) is 16.5. The van der Waals surface area contributed by atoms with E-state index in [1.54, 1.807) is 20.8 Å². The average Bonchev–Trinajstić information content (AvgIpc) is 2.38. The molecule has 6 nitrogen and oxygen atoms in total. The zero-order valence-corrected chi connectivity index (χ0v) is 13.3. The van der Waals surface area contributed by atoms with E-state index >= 15 is 0 Å². The average molecular weight is 303 g/mol. The van der Waals surface area contributed by atoms with Crippen LogP contribution in [0, 0.1) is 6.92 Å². The van der Waals surface area contributed by atoms with Gasteiger partial charge in [-0.15, -0.1) is 0 Å². The van der Waals surface area contributed by atoms with Gasteiger partial charge < -0.3 is 0 Å². The molecule has 2 aromatic rings. The van der Waals surface area contributed by atoms with Crippen LogP contribution in [0.2, 0.25) is 0 Å². The van der Waals surface area contributed by atoms with E-state index < -0.39 is 22.6 Å². The minimum absolute atomic E-state index is 0.230. The van der Waals surface area contributed by atoms with E-state index in [1.165, 1.54) is 0 Å². The number of nitrogens with zero attached hydrogens (tertiary/aromatic N) is 2. The van der Waals surface area contributed by atoms with Crippen LogP contribution in [0.1, 0.15) is 31.9 Å². The summed E-state index contributed by atoms with van der Waals surface area (Å²) in [6.07, 6.45) is 0.547. The van der Waals surface area contributed by atoms with Crippen LogP contribution in [0.25, 0.3) is 0 Å². The van der Waals surface area contributed by atoms with Gasteiger partial charge in [0, 0.05) is 12.1 Å². The molecule has 6 heteroatoms. The molecule has 0 fully saturated rings. The summed E-state index contributed by atoms with van der Waals surface area (Å²) in [5, 5.41) is 0. The number of rotatable bonds is 3. The molecule has 0 unspecified atom stereocenters. The fourth-order valence-corrected chi connectivity index (χ4v) is 2.29. The zero-order valence-electron chi connectivity index (χ0n) is 13.3. The van der Waals surface area contributed by atoms with Gasteiger partial charge in [0.15, 0.2) is 0 Å². The Morgan fingerprint density at radius 2 is 1.59 bits per heavy atom. The lowest BCUT2D eigenvalue weighted by Gasteiger charge is -2.21. The van der Waals surface area contributed by atoms with Crippen LogP contribution < -0.4 is 17.1 Å².